The molecule has 2 aromatic heterocycles. The van der Waals surface area contributed by atoms with Gasteiger partial charge < -0.3 is 15.1 Å². The smallest absolute Gasteiger partial charge is 0.274 e. The number of carbonyl (C=O) groups excluding carboxylic acids is 1. The Bertz CT molecular complexity index is 939. The van der Waals surface area contributed by atoms with Crippen molar-refractivity contribution in [1.82, 2.24) is 25.4 Å². The number of hydrogen-bond donors (Lipinski definition) is 2. The zero-order valence-corrected chi connectivity index (χ0v) is 14.9. The van der Waals surface area contributed by atoms with E-state index in [9.17, 15) is 4.79 Å². The monoisotopic (exact) mass is 351 g/mol. The number of hydrogen-bond acceptors (Lipinski definition) is 5. The molecule has 3 aromatic rings. The standard InChI is InChI=1S/C19H21N5O2/c1-12-3-5-13(6-4-12)18-17(22-11-26-18)19(25)21-10-15-14-9-20-8-7-16(14)24(2)23-15/h3-6,11,20H,7-10H2,1-2H3,(H,21,25). The molecule has 4 rings (SSSR count). The van der Waals surface area contributed by atoms with Crippen LogP contribution in [0.15, 0.2) is 35.1 Å². The van der Waals surface area contributed by atoms with Gasteiger partial charge in [-0.25, -0.2) is 4.98 Å². The van der Waals surface area contributed by atoms with Crippen LogP contribution in [0.25, 0.3) is 11.3 Å². The fourth-order valence-electron chi connectivity index (χ4n) is 3.31. The zero-order chi connectivity index (χ0) is 18.1. The first-order chi connectivity index (χ1) is 12.6. The molecule has 134 valence electrons. The number of aromatic nitrogens is 3. The van der Waals surface area contributed by atoms with Gasteiger partial charge in [0.25, 0.3) is 5.91 Å². The summed E-state index contributed by atoms with van der Waals surface area (Å²) in [5.74, 6) is 0.213. The van der Waals surface area contributed by atoms with Gasteiger partial charge in [-0.2, -0.15) is 5.10 Å². The molecule has 7 heteroatoms. The Morgan fingerprint density at radius 1 is 1.35 bits per heavy atom. The van der Waals surface area contributed by atoms with E-state index >= 15 is 0 Å². The Morgan fingerprint density at radius 2 is 2.15 bits per heavy atom. The molecule has 0 bridgehead atoms. The summed E-state index contributed by atoms with van der Waals surface area (Å²) in [6.07, 6.45) is 2.25. The lowest BCUT2D eigenvalue weighted by Gasteiger charge is -2.14. The van der Waals surface area contributed by atoms with E-state index in [1.54, 1.807) is 0 Å². The summed E-state index contributed by atoms with van der Waals surface area (Å²) in [7, 11) is 1.95. The number of benzene rings is 1. The highest BCUT2D eigenvalue weighted by Crippen LogP contribution is 2.24. The molecule has 2 N–H and O–H groups in total. The molecule has 0 saturated carbocycles. The minimum Gasteiger partial charge on any atom is -0.443 e. The van der Waals surface area contributed by atoms with Crippen molar-refractivity contribution in [3.8, 4) is 11.3 Å². The van der Waals surface area contributed by atoms with Crippen molar-refractivity contribution in [1.29, 1.82) is 0 Å². The second kappa shape index (κ2) is 6.76. The third-order valence-corrected chi connectivity index (χ3v) is 4.71. The number of aryl methyl sites for hydroxylation is 2. The number of nitrogens with zero attached hydrogens (tertiary/aromatic N) is 3. The summed E-state index contributed by atoms with van der Waals surface area (Å²) >= 11 is 0. The lowest BCUT2D eigenvalue weighted by atomic mass is 10.1. The van der Waals surface area contributed by atoms with E-state index in [2.05, 4.69) is 20.7 Å². The Labute approximate surface area is 151 Å². The molecule has 0 radical (unpaired) electrons. The lowest BCUT2D eigenvalue weighted by Crippen LogP contribution is -2.27. The lowest BCUT2D eigenvalue weighted by molar-refractivity contribution is 0.0946. The quantitative estimate of drug-likeness (QED) is 0.751. The van der Waals surface area contributed by atoms with Crippen LogP contribution in [0.4, 0.5) is 0 Å². The van der Waals surface area contributed by atoms with E-state index in [1.165, 1.54) is 17.7 Å². The highest BCUT2D eigenvalue weighted by Gasteiger charge is 2.21. The Morgan fingerprint density at radius 3 is 2.96 bits per heavy atom. The highest BCUT2D eigenvalue weighted by atomic mass is 16.3. The van der Waals surface area contributed by atoms with Crippen molar-refractivity contribution in [3.63, 3.8) is 0 Å². The number of carbonyl (C=O) groups is 1. The van der Waals surface area contributed by atoms with Crippen LogP contribution in [0.2, 0.25) is 0 Å². The van der Waals surface area contributed by atoms with Crippen LogP contribution in [0.5, 0.6) is 0 Å². The number of fused-ring (bicyclic) bond motifs is 1. The summed E-state index contributed by atoms with van der Waals surface area (Å²) in [5, 5.41) is 10.8. The Kier molecular flexibility index (Phi) is 4.30. The Hall–Kier alpha value is -2.93. The third-order valence-electron chi connectivity index (χ3n) is 4.71. The molecule has 1 aliphatic heterocycles. The molecule has 0 atom stereocenters. The molecule has 7 nitrogen and oxygen atoms in total. The largest absolute Gasteiger partial charge is 0.443 e. The number of nitrogens with one attached hydrogen (secondary N) is 2. The molecule has 1 aliphatic rings. The predicted octanol–water partition coefficient (Wildman–Crippen LogP) is 1.96. The van der Waals surface area contributed by atoms with Crippen molar-refractivity contribution in [2.75, 3.05) is 6.54 Å². The van der Waals surface area contributed by atoms with Crippen molar-refractivity contribution < 1.29 is 9.21 Å². The SMILES string of the molecule is Cc1ccc(-c2ocnc2C(=O)NCc2nn(C)c3c2CNCC3)cc1. The van der Waals surface area contributed by atoms with Crippen LogP contribution in [0.3, 0.4) is 0 Å². The second-order valence-corrected chi connectivity index (χ2v) is 6.50. The average molecular weight is 351 g/mol. The fraction of sp³-hybridized carbons (Fsp3) is 0.316. The zero-order valence-electron chi connectivity index (χ0n) is 14.9. The molecular weight excluding hydrogens is 330 g/mol. The van der Waals surface area contributed by atoms with Crippen molar-refractivity contribution in [2.24, 2.45) is 7.05 Å². The normalized spacial score (nSPS) is 13.5. The van der Waals surface area contributed by atoms with Crippen LogP contribution in [-0.4, -0.2) is 27.2 Å². The van der Waals surface area contributed by atoms with Crippen molar-refractivity contribution in [2.45, 2.75) is 26.4 Å². The van der Waals surface area contributed by atoms with Gasteiger partial charge in [-0.15, -0.1) is 0 Å². The molecule has 3 heterocycles. The molecule has 0 spiro atoms. The van der Waals surface area contributed by atoms with Crippen LogP contribution >= 0.6 is 0 Å². The molecule has 0 fully saturated rings. The van der Waals surface area contributed by atoms with Gasteiger partial charge in [0, 0.05) is 43.4 Å². The average Bonchev–Trinajstić information content (AvgIpc) is 3.26. The molecule has 1 amide bonds. The van der Waals surface area contributed by atoms with Gasteiger partial charge >= 0.3 is 0 Å². The van der Waals surface area contributed by atoms with Crippen LogP contribution in [0.1, 0.15) is 33.0 Å². The summed E-state index contributed by atoms with van der Waals surface area (Å²) < 4.78 is 7.36. The predicted molar refractivity (Wildman–Crippen MR) is 96.5 cm³/mol. The van der Waals surface area contributed by atoms with Gasteiger partial charge in [-0.3, -0.25) is 9.48 Å². The minimum atomic E-state index is -0.266. The number of oxazole rings is 1. The maximum Gasteiger partial charge on any atom is 0.274 e. The van der Waals surface area contributed by atoms with Gasteiger partial charge in [-0.05, 0) is 6.92 Å². The molecule has 26 heavy (non-hydrogen) atoms. The van der Waals surface area contributed by atoms with Gasteiger partial charge in [0.05, 0.1) is 12.2 Å². The third kappa shape index (κ3) is 3.01. The minimum absolute atomic E-state index is 0.266. The Balaban J connectivity index is 1.52. The van der Waals surface area contributed by atoms with E-state index in [0.717, 1.165) is 36.3 Å². The summed E-state index contributed by atoms with van der Waals surface area (Å²) in [4.78, 5) is 16.7. The fourth-order valence-corrected chi connectivity index (χ4v) is 3.31. The first kappa shape index (κ1) is 16.5. The van der Waals surface area contributed by atoms with Gasteiger partial charge in [0.15, 0.2) is 17.8 Å². The van der Waals surface area contributed by atoms with E-state index in [1.807, 2.05) is 42.9 Å². The second-order valence-electron chi connectivity index (χ2n) is 6.50. The van der Waals surface area contributed by atoms with E-state index in [-0.39, 0.29) is 11.6 Å². The van der Waals surface area contributed by atoms with Gasteiger partial charge in [-0.1, -0.05) is 29.8 Å². The van der Waals surface area contributed by atoms with E-state index < -0.39 is 0 Å². The van der Waals surface area contributed by atoms with Crippen LogP contribution < -0.4 is 10.6 Å². The first-order valence-electron chi connectivity index (χ1n) is 8.66. The first-order valence-corrected chi connectivity index (χ1v) is 8.66. The van der Waals surface area contributed by atoms with Crippen LogP contribution in [-0.2, 0) is 26.6 Å². The summed E-state index contributed by atoms with van der Waals surface area (Å²) in [6.45, 7) is 4.12. The molecule has 0 saturated heterocycles. The van der Waals surface area contributed by atoms with Crippen molar-refractivity contribution >= 4 is 5.91 Å². The number of amides is 1. The van der Waals surface area contributed by atoms with Gasteiger partial charge in [0.2, 0.25) is 0 Å². The summed E-state index contributed by atoms with van der Waals surface area (Å²) in [6, 6.07) is 7.81. The van der Waals surface area contributed by atoms with Crippen LogP contribution in [0, 0.1) is 6.92 Å². The highest BCUT2D eigenvalue weighted by molar-refractivity contribution is 5.97. The molecular formula is C19H21N5O2. The van der Waals surface area contributed by atoms with Gasteiger partial charge in [0.1, 0.15) is 0 Å². The molecule has 0 aliphatic carbocycles. The number of rotatable bonds is 4. The van der Waals surface area contributed by atoms with E-state index in [4.69, 9.17) is 4.42 Å². The maximum atomic E-state index is 12.6. The van der Waals surface area contributed by atoms with E-state index in [0.29, 0.717) is 12.3 Å². The molecule has 1 aromatic carbocycles. The summed E-state index contributed by atoms with van der Waals surface area (Å²) in [5.41, 5.74) is 5.57. The maximum absolute atomic E-state index is 12.6. The molecule has 0 unspecified atom stereocenters. The van der Waals surface area contributed by atoms with Crippen molar-refractivity contribution in [3.05, 3.63) is 58.9 Å². The topological polar surface area (TPSA) is 85.0 Å².